The van der Waals surface area contributed by atoms with Crippen molar-refractivity contribution in [3.63, 3.8) is 0 Å². The Hall–Kier alpha value is -0.480. The van der Waals surface area contributed by atoms with Gasteiger partial charge in [-0.15, -0.1) is 5.73 Å². The van der Waals surface area contributed by atoms with Gasteiger partial charge in [0.2, 0.25) is 0 Å². The minimum atomic E-state index is 0.947. The van der Waals surface area contributed by atoms with Crippen molar-refractivity contribution < 1.29 is 0 Å². The maximum Gasteiger partial charge on any atom is -0.0275 e. The molecule has 0 fully saturated rings. The molecule has 0 aliphatic carbocycles. The first-order valence-electron chi connectivity index (χ1n) is 10.7. The highest BCUT2D eigenvalue weighted by molar-refractivity contribution is 4.74. The quantitative estimate of drug-likeness (QED) is 0.175. The van der Waals surface area contributed by atoms with Crippen LogP contribution >= 0.6 is 0 Å². The Morgan fingerprint density at radius 3 is 1.61 bits per heavy atom. The summed E-state index contributed by atoms with van der Waals surface area (Å²) in [5.74, 6) is 0.947. The monoisotopic (exact) mass is 320 g/mol. The molecule has 0 aliphatic heterocycles. The summed E-state index contributed by atoms with van der Waals surface area (Å²) in [6.07, 6.45) is 26.2. The predicted octanol–water partition coefficient (Wildman–Crippen LogP) is 8.62. The van der Waals surface area contributed by atoms with Crippen molar-refractivity contribution in [3.05, 3.63) is 18.4 Å². The molecule has 0 heteroatoms. The Balaban J connectivity index is 3.15. The Morgan fingerprint density at radius 1 is 0.696 bits per heavy atom. The highest BCUT2D eigenvalue weighted by Gasteiger charge is 2.02. The molecule has 0 bridgehead atoms. The van der Waals surface area contributed by atoms with E-state index in [-0.39, 0.29) is 0 Å². The highest BCUT2D eigenvalue weighted by atomic mass is 14.1. The van der Waals surface area contributed by atoms with Crippen molar-refractivity contribution in [2.45, 2.75) is 123 Å². The van der Waals surface area contributed by atoms with Crippen LogP contribution in [0.1, 0.15) is 123 Å². The highest BCUT2D eigenvalue weighted by Crippen LogP contribution is 2.18. The minimum Gasteiger partial charge on any atom is -0.133 e. The van der Waals surface area contributed by atoms with Crippen molar-refractivity contribution in [3.8, 4) is 0 Å². The zero-order valence-electron chi connectivity index (χ0n) is 16.4. The molecule has 0 aromatic heterocycles. The van der Waals surface area contributed by atoms with Crippen molar-refractivity contribution in [2.75, 3.05) is 0 Å². The zero-order chi connectivity index (χ0) is 17.0. The van der Waals surface area contributed by atoms with Crippen LogP contribution in [0, 0.1) is 5.92 Å². The SMILES string of the molecule is C=C=CCCCCCCCC(C)CCCCCCCCCCC. The molecule has 0 heterocycles. The molecule has 136 valence electrons. The summed E-state index contributed by atoms with van der Waals surface area (Å²) in [7, 11) is 0. The fourth-order valence-electron chi connectivity index (χ4n) is 3.32. The van der Waals surface area contributed by atoms with E-state index >= 15 is 0 Å². The largest absolute Gasteiger partial charge is 0.133 e. The molecule has 0 radical (unpaired) electrons. The fourth-order valence-corrected chi connectivity index (χ4v) is 3.32. The van der Waals surface area contributed by atoms with Crippen LogP contribution in [0.5, 0.6) is 0 Å². The number of hydrogen-bond donors (Lipinski definition) is 0. The van der Waals surface area contributed by atoms with E-state index in [0.29, 0.717) is 0 Å². The molecule has 0 aromatic carbocycles. The van der Waals surface area contributed by atoms with Crippen LogP contribution in [-0.4, -0.2) is 0 Å². The van der Waals surface area contributed by atoms with Crippen LogP contribution in [-0.2, 0) is 0 Å². The maximum atomic E-state index is 3.60. The molecule has 0 spiro atoms. The lowest BCUT2D eigenvalue weighted by Crippen LogP contribution is -1.95. The summed E-state index contributed by atoms with van der Waals surface area (Å²) in [5.41, 5.74) is 2.85. The Bertz CT molecular complexity index is 259. The first kappa shape index (κ1) is 22.5. The molecule has 0 amide bonds. The van der Waals surface area contributed by atoms with Crippen molar-refractivity contribution in [1.82, 2.24) is 0 Å². The Labute approximate surface area is 147 Å². The van der Waals surface area contributed by atoms with Gasteiger partial charge in [-0.25, -0.2) is 0 Å². The van der Waals surface area contributed by atoms with Crippen LogP contribution in [0.4, 0.5) is 0 Å². The summed E-state index contributed by atoms with van der Waals surface area (Å²) < 4.78 is 0. The normalized spacial score (nSPS) is 12.1. The second-order valence-corrected chi connectivity index (χ2v) is 7.48. The van der Waals surface area contributed by atoms with Gasteiger partial charge in [-0.1, -0.05) is 117 Å². The second kappa shape index (κ2) is 19.6. The van der Waals surface area contributed by atoms with Gasteiger partial charge in [0, 0.05) is 0 Å². The Morgan fingerprint density at radius 2 is 1.13 bits per heavy atom. The van der Waals surface area contributed by atoms with Crippen molar-refractivity contribution in [1.29, 1.82) is 0 Å². The molecule has 1 unspecified atom stereocenters. The average Bonchev–Trinajstić information content (AvgIpc) is 2.56. The lowest BCUT2D eigenvalue weighted by atomic mass is 9.96. The van der Waals surface area contributed by atoms with Gasteiger partial charge in [-0.2, -0.15) is 0 Å². The van der Waals surface area contributed by atoms with E-state index < -0.39 is 0 Å². The smallest absolute Gasteiger partial charge is 0.0275 e. The summed E-state index contributed by atoms with van der Waals surface area (Å²) >= 11 is 0. The number of allylic oxidation sites excluding steroid dienone is 1. The van der Waals surface area contributed by atoms with E-state index in [1.807, 2.05) is 0 Å². The lowest BCUT2D eigenvalue weighted by molar-refractivity contribution is 0.431. The first-order chi connectivity index (χ1) is 11.3. The van der Waals surface area contributed by atoms with E-state index in [9.17, 15) is 0 Å². The minimum absolute atomic E-state index is 0.947. The molecular weight excluding hydrogens is 276 g/mol. The van der Waals surface area contributed by atoms with Gasteiger partial charge < -0.3 is 0 Å². The molecule has 0 saturated carbocycles. The standard InChI is InChI=1S/C23H44/c1-4-6-8-10-12-14-16-18-20-22-23(3)21-19-17-15-13-11-9-7-5-2/h7,23H,2,4,6,8-22H2,1,3H3. The molecule has 0 N–H and O–H groups in total. The third-order valence-corrected chi connectivity index (χ3v) is 4.99. The third-order valence-electron chi connectivity index (χ3n) is 4.99. The predicted molar refractivity (Wildman–Crippen MR) is 107 cm³/mol. The molecule has 0 saturated heterocycles. The van der Waals surface area contributed by atoms with Crippen LogP contribution < -0.4 is 0 Å². The van der Waals surface area contributed by atoms with Crippen molar-refractivity contribution in [2.24, 2.45) is 5.92 Å². The fraction of sp³-hybridized carbons (Fsp3) is 0.870. The van der Waals surface area contributed by atoms with E-state index in [4.69, 9.17) is 0 Å². The summed E-state index contributed by atoms with van der Waals surface area (Å²) in [4.78, 5) is 0. The number of rotatable bonds is 18. The Kier molecular flexibility index (Phi) is 19.2. The molecule has 23 heavy (non-hydrogen) atoms. The number of unbranched alkanes of at least 4 members (excludes halogenated alkanes) is 13. The summed E-state index contributed by atoms with van der Waals surface area (Å²) in [5, 5.41) is 0. The molecule has 0 nitrogen and oxygen atoms in total. The zero-order valence-corrected chi connectivity index (χ0v) is 16.4. The van der Waals surface area contributed by atoms with E-state index in [1.54, 1.807) is 0 Å². The van der Waals surface area contributed by atoms with Crippen LogP contribution in [0.2, 0.25) is 0 Å². The topological polar surface area (TPSA) is 0 Å². The number of hydrogen-bond acceptors (Lipinski definition) is 0. The lowest BCUT2D eigenvalue weighted by Gasteiger charge is -2.11. The van der Waals surface area contributed by atoms with Gasteiger partial charge in [-0.05, 0) is 24.8 Å². The van der Waals surface area contributed by atoms with Gasteiger partial charge in [0.25, 0.3) is 0 Å². The molecule has 1 atom stereocenters. The average molecular weight is 321 g/mol. The molecular formula is C23H44. The molecule has 0 aromatic rings. The van der Waals surface area contributed by atoms with Gasteiger partial charge in [0.15, 0.2) is 0 Å². The third kappa shape index (κ3) is 19.5. The van der Waals surface area contributed by atoms with Gasteiger partial charge in [-0.3, -0.25) is 0 Å². The maximum absolute atomic E-state index is 3.60. The van der Waals surface area contributed by atoms with Gasteiger partial charge >= 0.3 is 0 Å². The molecule has 0 rings (SSSR count). The molecule has 0 aliphatic rings. The van der Waals surface area contributed by atoms with Crippen LogP contribution in [0.3, 0.4) is 0 Å². The summed E-state index contributed by atoms with van der Waals surface area (Å²) in [6.45, 7) is 8.36. The van der Waals surface area contributed by atoms with Crippen LogP contribution in [0.15, 0.2) is 18.4 Å². The van der Waals surface area contributed by atoms with Gasteiger partial charge in [0.1, 0.15) is 0 Å². The van der Waals surface area contributed by atoms with Crippen molar-refractivity contribution >= 4 is 0 Å². The summed E-state index contributed by atoms with van der Waals surface area (Å²) in [6, 6.07) is 0. The van der Waals surface area contributed by atoms with Gasteiger partial charge in [0.05, 0.1) is 0 Å². The van der Waals surface area contributed by atoms with E-state index in [0.717, 1.165) is 5.92 Å². The van der Waals surface area contributed by atoms with E-state index in [2.05, 4.69) is 32.2 Å². The first-order valence-corrected chi connectivity index (χ1v) is 10.7. The van der Waals surface area contributed by atoms with Crippen LogP contribution in [0.25, 0.3) is 0 Å². The van der Waals surface area contributed by atoms with E-state index in [1.165, 1.54) is 109 Å². The second-order valence-electron chi connectivity index (χ2n) is 7.48.